The number of rotatable bonds is 5. The molecule has 3 N–H and O–H groups in total. The molecule has 0 aromatic carbocycles. The number of amides is 3. The summed E-state index contributed by atoms with van der Waals surface area (Å²) in [5.74, 6) is -1.73. The van der Waals surface area contributed by atoms with Gasteiger partial charge in [-0.3, -0.25) is 14.6 Å². The number of aromatic nitrogens is 1. The van der Waals surface area contributed by atoms with Gasteiger partial charge in [0.25, 0.3) is 0 Å². The summed E-state index contributed by atoms with van der Waals surface area (Å²) >= 11 is 0. The number of fused-ring (bicyclic) bond motifs is 1. The van der Waals surface area contributed by atoms with Crippen molar-refractivity contribution in [3.63, 3.8) is 0 Å². The molecule has 2 fully saturated rings. The molecule has 0 radical (unpaired) electrons. The maximum Gasteiger partial charge on any atom is 0.405 e. The normalized spacial score (nSPS) is 25.8. The van der Waals surface area contributed by atoms with Gasteiger partial charge in [0.2, 0.25) is 11.8 Å². The van der Waals surface area contributed by atoms with Crippen LogP contribution in [-0.4, -0.2) is 51.5 Å². The van der Waals surface area contributed by atoms with E-state index in [4.69, 9.17) is 0 Å². The molecular weight excluding hydrogens is 429 g/mol. The summed E-state index contributed by atoms with van der Waals surface area (Å²) < 4.78 is 13.7. The number of nitrogens with one attached hydrogen (secondary N) is 2. The lowest BCUT2D eigenvalue weighted by atomic mass is 9.85. The van der Waals surface area contributed by atoms with Crippen molar-refractivity contribution in [1.82, 2.24) is 20.5 Å². The van der Waals surface area contributed by atoms with E-state index in [-0.39, 0.29) is 22.8 Å². The van der Waals surface area contributed by atoms with E-state index in [1.54, 1.807) is 20.8 Å². The Bertz CT molecular complexity index is 1030. The van der Waals surface area contributed by atoms with Crippen LogP contribution in [-0.2, 0) is 15.1 Å². The number of hydrogen-bond donors (Lipinski definition) is 3. The molecule has 1 saturated heterocycles. The van der Waals surface area contributed by atoms with Crippen LogP contribution < -0.4 is 10.6 Å². The van der Waals surface area contributed by atoms with Crippen molar-refractivity contribution in [1.29, 1.82) is 5.26 Å². The van der Waals surface area contributed by atoms with Crippen LogP contribution in [0.3, 0.4) is 0 Å². The molecule has 10 heteroatoms. The molecule has 2 aliphatic rings. The van der Waals surface area contributed by atoms with Gasteiger partial charge in [0.15, 0.2) is 5.54 Å². The van der Waals surface area contributed by atoms with E-state index in [2.05, 4.69) is 15.6 Å². The summed E-state index contributed by atoms with van der Waals surface area (Å²) in [6.45, 7) is 11.0. The van der Waals surface area contributed by atoms with Gasteiger partial charge in [-0.2, -0.15) is 5.26 Å². The van der Waals surface area contributed by atoms with Crippen LogP contribution >= 0.6 is 0 Å². The zero-order valence-electron chi connectivity index (χ0n) is 19.6. The molecule has 3 rings (SSSR count). The zero-order valence-corrected chi connectivity index (χ0v) is 19.6. The molecule has 2 heterocycles. The molecule has 5 atom stereocenters. The van der Waals surface area contributed by atoms with E-state index < -0.39 is 46.8 Å². The third kappa shape index (κ3) is 4.36. The van der Waals surface area contributed by atoms with E-state index in [1.165, 1.54) is 18.0 Å². The fourth-order valence-corrected chi connectivity index (χ4v) is 4.92. The smallest absolute Gasteiger partial charge is 0.405 e. The van der Waals surface area contributed by atoms with Crippen LogP contribution in [0.15, 0.2) is 18.5 Å². The van der Waals surface area contributed by atoms with Gasteiger partial charge in [0, 0.05) is 18.3 Å². The van der Waals surface area contributed by atoms with Crippen molar-refractivity contribution in [2.45, 2.75) is 59.2 Å². The first kappa shape index (κ1) is 24.4. The molecule has 3 amide bonds. The molecule has 33 heavy (non-hydrogen) atoms. The molecule has 9 nitrogen and oxygen atoms in total. The van der Waals surface area contributed by atoms with Crippen molar-refractivity contribution >= 4 is 17.9 Å². The number of pyridine rings is 1. The van der Waals surface area contributed by atoms with Crippen LogP contribution in [0.25, 0.3) is 0 Å². The maximum atomic E-state index is 13.7. The van der Waals surface area contributed by atoms with E-state index >= 15 is 0 Å². The molecular formula is C23H30FN5O4. The summed E-state index contributed by atoms with van der Waals surface area (Å²) in [6, 6.07) is 1.20. The van der Waals surface area contributed by atoms with Gasteiger partial charge in [0.05, 0.1) is 12.3 Å². The quantitative estimate of drug-likeness (QED) is 0.618. The topological polar surface area (TPSA) is 135 Å². The molecule has 1 aliphatic carbocycles. The SMILES string of the molecule is CC(C#N)(NC(=O)[C@@H]1[C@@H]2[C@H](CN1C(=O)[C@@H](NC(=O)O)C(C)(C)C)C2(C)C)c1cncc(F)c1. The third-order valence-corrected chi connectivity index (χ3v) is 7.02. The Morgan fingerprint density at radius 1 is 1.30 bits per heavy atom. The molecule has 1 aromatic rings. The summed E-state index contributed by atoms with van der Waals surface area (Å²) in [7, 11) is 0. The number of carboxylic acid groups (broad SMARTS) is 1. The zero-order chi connectivity index (χ0) is 24.9. The number of likely N-dealkylation sites (tertiary alicyclic amines) is 1. The van der Waals surface area contributed by atoms with Gasteiger partial charge >= 0.3 is 6.09 Å². The summed E-state index contributed by atoms with van der Waals surface area (Å²) in [6.07, 6.45) is 0.977. The van der Waals surface area contributed by atoms with Gasteiger partial charge in [-0.25, -0.2) is 9.18 Å². The Balaban J connectivity index is 1.92. The molecule has 1 aromatic heterocycles. The fraction of sp³-hybridized carbons (Fsp3) is 0.609. The minimum Gasteiger partial charge on any atom is -0.465 e. The number of nitrogens with zero attached hydrogens (tertiary/aromatic N) is 3. The Labute approximate surface area is 192 Å². The molecule has 178 valence electrons. The summed E-state index contributed by atoms with van der Waals surface area (Å²) in [5, 5.41) is 24.0. The van der Waals surface area contributed by atoms with E-state index in [9.17, 15) is 29.1 Å². The van der Waals surface area contributed by atoms with E-state index in [1.807, 2.05) is 19.9 Å². The number of carbonyl (C=O) groups is 3. The number of carbonyl (C=O) groups excluding carboxylic acids is 2. The van der Waals surface area contributed by atoms with Crippen LogP contribution in [0.5, 0.6) is 0 Å². The molecule has 1 unspecified atom stereocenters. The minimum atomic E-state index is -1.57. The standard InChI is InChI=1S/C23H30FN5O4/c1-21(2,3)17(27-20(32)33)19(31)29-10-14-15(22(14,4)5)16(29)18(30)28-23(6,11-25)12-7-13(24)9-26-8-12/h7-9,14-17,27H,10H2,1-6H3,(H,28,30)(H,32,33)/t14-,15-,16-,17+,23?/m0/s1. The first-order valence-electron chi connectivity index (χ1n) is 10.8. The monoisotopic (exact) mass is 459 g/mol. The predicted molar refractivity (Wildman–Crippen MR) is 116 cm³/mol. The average Bonchev–Trinajstić information content (AvgIpc) is 3.05. The van der Waals surface area contributed by atoms with Gasteiger partial charge < -0.3 is 20.6 Å². The lowest BCUT2D eigenvalue weighted by Crippen LogP contribution is -2.60. The first-order valence-corrected chi connectivity index (χ1v) is 10.8. The van der Waals surface area contributed by atoms with Gasteiger partial charge in [-0.1, -0.05) is 34.6 Å². The molecule has 0 bridgehead atoms. The van der Waals surface area contributed by atoms with Gasteiger partial charge in [-0.05, 0) is 35.7 Å². The second kappa shape index (κ2) is 7.97. The highest BCUT2D eigenvalue weighted by Crippen LogP contribution is 2.65. The number of halogens is 1. The number of nitriles is 1. The van der Waals surface area contributed by atoms with Crippen molar-refractivity contribution in [2.75, 3.05) is 6.54 Å². The van der Waals surface area contributed by atoms with Gasteiger partial charge in [-0.15, -0.1) is 0 Å². The predicted octanol–water partition coefficient (Wildman–Crippen LogP) is 2.24. The number of piperidine rings is 1. The Hall–Kier alpha value is -3.22. The largest absolute Gasteiger partial charge is 0.465 e. The second-order valence-electron chi connectivity index (χ2n) is 10.8. The van der Waals surface area contributed by atoms with Crippen molar-refractivity contribution in [2.24, 2.45) is 22.7 Å². The highest BCUT2D eigenvalue weighted by Gasteiger charge is 2.70. The van der Waals surface area contributed by atoms with Crippen LogP contribution in [0.4, 0.5) is 9.18 Å². The van der Waals surface area contributed by atoms with Gasteiger partial charge in [0.1, 0.15) is 17.9 Å². The fourth-order valence-electron chi connectivity index (χ4n) is 4.92. The Morgan fingerprint density at radius 3 is 2.45 bits per heavy atom. The maximum absolute atomic E-state index is 13.7. The molecule has 1 saturated carbocycles. The van der Waals surface area contributed by atoms with Crippen molar-refractivity contribution in [3.05, 3.63) is 29.8 Å². The second-order valence-corrected chi connectivity index (χ2v) is 10.8. The number of hydrogen-bond acceptors (Lipinski definition) is 5. The molecule has 0 spiro atoms. The minimum absolute atomic E-state index is 0.0758. The molecule has 1 aliphatic heterocycles. The van der Waals surface area contributed by atoms with Crippen molar-refractivity contribution < 1.29 is 23.9 Å². The summed E-state index contributed by atoms with van der Waals surface area (Å²) in [5.41, 5.74) is -2.30. The van der Waals surface area contributed by atoms with E-state index in [0.29, 0.717) is 6.54 Å². The average molecular weight is 460 g/mol. The lowest BCUT2D eigenvalue weighted by Gasteiger charge is -2.38. The van der Waals surface area contributed by atoms with Crippen LogP contribution in [0.1, 0.15) is 47.1 Å². The first-order chi connectivity index (χ1) is 15.1. The van der Waals surface area contributed by atoms with Crippen molar-refractivity contribution in [3.8, 4) is 6.07 Å². The summed E-state index contributed by atoms with van der Waals surface area (Å²) in [4.78, 5) is 43.5. The van der Waals surface area contributed by atoms with E-state index in [0.717, 1.165) is 12.3 Å². The highest BCUT2D eigenvalue weighted by atomic mass is 19.1. The lowest BCUT2D eigenvalue weighted by molar-refractivity contribution is -0.144. The van der Waals surface area contributed by atoms with Crippen LogP contribution in [0.2, 0.25) is 0 Å². The third-order valence-electron chi connectivity index (χ3n) is 7.02. The Kier molecular flexibility index (Phi) is 5.90. The van der Waals surface area contributed by atoms with Crippen LogP contribution in [0, 0.1) is 39.8 Å². The highest BCUT2D eigenvalue weighted by molar-refractivity contribution is 5.93. The Morgan fingerprint density at radius 2 is 1.94 bits per heavy atom.